The second kappa shape index (κ2) is 10.9. The summed E-state index contributed by atoms with van der Waals surface area (Å²) in [5.41, 5.74) is 1.69. The normalized spacial score (nSPS) is 10.1. The molecule has 2 N–H and O–H groups in total. The van der Waals surface area contributed by atoms with E-state index >= 15 is 0 Å². The lowest BCUT2D eigenvalue weighted by Crippen LogP contribution is -2.20. The molecular formula is C18H17ClN2O5S. The number of halogens is 1. The van der Waals surface area contributed by atoms with Crippen molar-refractivity contribution in [3.63, 3.8) is 0 Å². The molecule has 0 fully saturated rings. The van der Waals surface area contributed by atoms with Gasteiger partial charge in [-0.15, -0.1) is 0 Å². The molecule has 0 bridgehead atoms. The van der Waals surface area contributed by atoms with Crippen LogP contribution in [0.25, 0.3) is 6.08 Å². The molecule has 2 aromatic carbocycles. The van der Waals surface area contributed by atoms with Crippen LogP contribution in [0, 0.1) is 11.3 Å². The molecule has 142 valence electrons. The zero-order valence-electron chi connectivity index (χ0n) is 14.2. The highest BCUT2D eigenvalue weighted by atomic mass is 35.5. The van der Waals surface area contributed by atoms with Gasteiger partial charge in [0.1, 0.15) is 5.75 Å². The number of benzene rings is 2. The van der Waals surface area contributed by atoms with Gasteiger partial charge in [-0.2, -0.15) is 5.26 Å². The highest BCUT2D eigenvalue weighted by Gasteiger charge is 2.09. The van der Waals surface area contributed by atoms with Gasteiger partial charge in [0.05, 0.1) is 28.9 Å². The first kappa shape index (κ1) is 22.0. The van der Waals surface area contributed by atoms with Crippen LogP contribution in [-0.2, 0) is 15.7 Å². The van der Waals surface area contributed by atoms with Gasteiger partial charge in [-0.3, -0.25) is 9.10 Å². The first-order valence-corrected chi connectivity index (χ1v) is 9.02. The number of thiol groups is 1. The Morgan fingerprint density at radius 2 is 1.96 bits per heavy atom. The van der Waals surface area contributed by atoms with Crippen LogP contribution in [0.15, 0.2) is 48.5 Å². The number of hydrogen-bond donors (Lipinski definition) is 3. The van der Waals surface area contributed by atoms with Crippen LogP contribution in [0.4, 0.5) is 5.69 Å². The summed E-state index contributed by atoms with van der Waals surface area (Å²) in [7, 11) is -2.86. The SMILES string of the molecule is CC(=O)O.N#Cc1cccc(/C=C/CN(c2ccc(O)c(Cl)c2)[SH](=O)=O)c1. The van der Waals surface area contributed by atoms with E-state index in [2.05, 4.69) is 0 Å². The zero-order valence-corrected chi connectivity index (χ0v) is 15.9. The van der Waals surface area contributed by atoms with E-state index in [1.54, 1.807) is 30.4 Å². The summed E-state index contributed by atoms with van der Waals surface area (Å²) < 4.78 is 24.0. The van der Waals surface area contributed by atoms with Gasteiger partial charge in [-0.1, -0.05) is 35.9 Å². The van der Waals surface area contributed by atoms with Crippen molar-refractivity contribution in [2.24, 2.45) is 0 Å². The molecule has 0 radical (unpaired) electrons. The van der Waals surface area contributed by atoms with E-state index < -0.39 is 16.9 Å². The fraction of sp³-hybridized carbons (Fsp3) is 0.111. The third-order valence-corrected chi connectivity index (χ3v) is 4.12. The van der Waals surface area contributed by atoms with Crippen LogP contribution in [0.3, 0.4) is 0 Å². The standard InChI is InChI=1S/C16H13ClN2O3S.C2H4O2/c17-15-10-14(6-7-16(15)20)19(23(21)22)8-2-5-12-3-1-4-13(9-12)11-18;1-2(3)4/h1-7,9-10,20,23H,8H2;1H3,(H,3,4)/b5-2+;. The minimum absolute atomic E-state index is 0.0788. The van der Waals surface area contributed by atoms with Crippen molar-refractivity contribution in [3.8, 4) is 11.8 Å². The summed E-state index contributed by atoms with van der Waals surface area (Å²) in [4.78, 5) is 9.00. The summed E-state index contributed by atoms with van der Waals surface area (Å²) in [6, 6.07) is 13.2. The van der Waals surface area contributed by atoms with Crippen molar-refractivity contribution in [2.45, 2.75) is 6.92 Å². The van der Waals surface area contributed by atoms with E-state index in [1.165, 1.54) is 18.2 Å². The molecule has 27 heavy (non-hydrogen) atoms. The molecule has 7 nitrogen and oxygen atoms in total. The molecule has 0 aliphatic carbocycles. The topological polar surface area (TPSA) is 119 Å². The van der Waals surface area contributed by atoms with Gasteiger partial charge in [0.2, 0.25) is 10.9 Å². The Morgan fingerprint density at radius 1 is 1.30 bits per heavy atom. The minimum atomic E-state index is -2.86. The van der Waals surface area contributed by atoms with Gasteiger partial charge in [-0.05, 0) is 35.9 Å². The number of aliphatic carboxylic acids is 1. The van der Waals surface area contributed by atoms with E-state index in [0.717, 1.165) is 16.8 Å². The summed E-state index contributed by atoms with van der Waals surface area (Å²) in [5, 5.41) is 25.7. The molecule has 0 aliphatic heterocycles. The van der Waals surface area contributed by atoms with Crippen molar-refractivity contribution in [2.75, 3.05) is 10.8 Å². The number of phenols is 1. The highest BCUT2D eigenvalue weighted by molar-refractivity contribution is 7.74. The van der Waals surface area contributed by atoms with E-state index in [9.17, 15) is 13.5 Å². The van der Waals surface area contributed by atoms with Crippen LogP contribution in [0.1, 0.15) is 18.1 Å². The van der Waals surface area contributed by atoms with Crippen LogP contribution < -0.4 is 4.31 Å². The third kappa shape index (κ3) is 7.81. The Kier molecular flexibility index (Phi) is 8.85. The minimum Gasteiger partial charge on any atom is -0.506 e. The van der Waals surface area contributed by atoms with Gasteiger partial charge in [0.15, 0.2) is 0 Å². The predicted octanol–water partition coefficient (Wildman–Crippen LogP) is 3.05. The number of phenolic OH excluding ortho intramolecular Hbond substituents is 1. The van der Waals surface area contributed by atoms with Crippen molar-refractivity contribution in [1.29, 1.82) is 5.26 Å². The molecule has 9 heteroatoms. The molecule has 0 spiro atoms. The van der Waals surface area contributed by atoms with E-state index in [1.807, 2.05) is 12.1 Å². The second-order valence-electron chi connectivity index (χ2n) is 5.11. The fourth-order valence-corrected chi connectivity index (χ4v) is 2.64. The van der Waals surface area contributed by atoms with Gasteiger partial charge in [-0.25, -0.2) is 8.42 Å². The number of anilines is 1. The number of aromatic hydroxyl groups is 1. The van der Waals surface area contributed by atoms with E-state index in [4.69, 9.17) is 26.8 Å². The van der Waals surface area contributed by atoms with Gasteiger partial charge in [0, 0.05) is 6.92 Å². The quantitative estimate of drug-likeness (QED) is 0.654. The number of carbonyl (C=O) groups is 1. The highest BCUT2D eigenvalue weighted by Crippen LogP contribution is 2.28. The Labute approximate surface area is 163 Å². The van der Waals surface area contributed by atoms with Crippen LogP contribution >= 0.6 is 11.6 Å². The Hall–Kier alpha value is -3.02. The van der Waals surface area contributed by atoms with Gasteiger partial charge in [0.25, 0.3) is 5.97 Å². The molecule has 2 rings (SSSR count). The third-order valence-electron chi connectivity index (χ3n) is 3.03. The second-order valence-corrected chi connectivity index (χ2v) is 6.48. The first-order chi connectivity index (χ1) is 12.7. The van der Waals surface area contributed by atoms with E-state index in [-0.39, 0.29) is 17.3 Å². The largest absolute Gasteiger partial charge is 0.506 e. The molecule has 2 aromatic rings. The Balaban J connectivity index is 0.000000828. The number of nitriles is 1. The number of nitrogens with zero attached hydrogens (tertiary/aromatic N) is 2. The molecule has 0 atom stereocenters. The number of carboxylic acid groups (broad SMARTS) is 1. The molecule has 0 unspecified atom stereocenters. The Bertz CT molecular complexity index is 939. The van der Waals surface area contributed by atoms with Crippen molar-refractivity contribution in [1.82, 2.24) is 0 Å². The molecule has 0 heterocycles. The molecule has 0 amide bonds. The maximum atomic E-state index is 11.4. The summed E-state index contributed by atoms with van der Waals surface area (Å²) >= 11 is 5.80. The average molecular weight is 409 g/mol. The number of hydrogen-bond acceptors (Lipinski definition) is 5. The number of carboxylic acids is 1. The summed E-state index contributed by atoms with van der Waals surface area (Å²) in [6.45, 7) is 1.19. The van der Waals surface area contributed by atoms with Gasteiger partial charge >= 0.3 is 0 Å². The van der Waals surface area contributed by atoms with Gasteiger partial charge < -0.3 is 10.2 Å². The molecule has 0 aromatic heterocycles. The first-order valence-electron chi connectivity index (χ1n) is 7.51. The maximum Gasteiger partial charge on any atom is 0.300 e. The fourth-order valence-electron chi connectivity index (χ4n) is 1.92. The number of rotatable bonds is 5. The molecular weight excluding hydrogens is 392 g/mol. The monoisotopic (exact) mass is 408 g/mol. The summed E-state index contributed by atoms with van der Waals surface area (Å²) in [5.74, 6) is -0.944. The lowest BCUT2D eigenvalue weighted by Gasteiger charge is -2.16. The molecule has 0 aliphatic rings. The van der Waals surface area contributed by atoms with Crippen molar-refractivity contribution >= 4 is 40.2 Å². The molecule has 0 saturated heterocycles. The van der Waals surface area contributed by atoms with Crippen LogP contribution in [0.5, 0.6) is 5.75 Å². The predicted molar refractivity (Wildman–Crippen MR) is 104 cm³/mol. The van der Waals surface area contributed by atoms with E-state index in [0.29, 0.717) is 11.3 Å². The Morgan fingerprint density at radius 3 is 2.52 bits per heavy atom. The summed E-state index contributed by atoms with van der Waals surface area (Å²) in [6.07, 6.45) is 3.40. The maximum absolute atomic E-state index is 11.4. The van der Waals surface area contributed by atoms with Crippen molar-refractivity contribution < 1.29 is 23.4 Å². The van der Waals surface area contributed by atoms with Crippen LogP contribution in [0.2, 0.25) is 5.02 Å². The van der Waals surface area contributed by atoms with Crippen LogP contribution in [-0.4, -0.2) is 31.1 Å². The lowest BCUT2D eigenvalue weighted by molar-refractivity contribution is -0.134. The lowest BCUT2D eigenvalue weighted by atomic mass is 10.1. The smallest absolute Gasteiger partial charge is 0.300 e. The average Bonchev–Trinajstić information content (AvgIpc) is 2.61. The molecule has 0 saturated carbocycles. The van der Waals surface area contributed by atoms with Crippen molar-refractivity contribution in [3.05, 3.63) is 64.7 Å². The zero-order chi connectivity index (χ0) is 20.4.